The van der Waals surface area contributed by atoms with Gasteiger partial charge in [0.2, 0.25) is 0 Å². The molecule has 0 aliphatic carbocycles. The average molecular weight is 232 g/mol. The lowest BCUT2D eigenvalue weighted by Crippen LogP contribution is -2.36. The lowest BCUT2D eigenvalue weighted by atomic mass is 10.0. The van der Waals surface area contributed by atoms with E-state index in [9.17, 15) is 0 Å². The van der Waals surface area contributed by atoms with Crippen molar-refractivity contribution in [3.63, 3.8) is 0 Å². The first-order chi connectivity index (χ1) is 7.61. The van der Waals surface area contributed by atoms with Crippen molar-refractivity contribution in [2.24, 2.45) is 11.7 Å². The zero-order valence-corrected chi connectivity index (χ0v) is 11.2. The first-order valence-corrected chi connectivity index (χ1v) is 6.07. The molecule has 1 unspecified atom stereocenters. The molecule has 0 saturated carbocycles. The molecule has 4 nitrogen and oxygen atoms in total. The van der Waals surface area contributed by atoms with Crippen LogP contribution in [0.1, 0.15) is 20.3 Å². The molecular weight excluding hydrogens is 204 g/mol. The van der Waals surface area contributed by atoms with Gasteiger partial charge in [0.1, 0.15) is 0 Å². The molecule has 0 aromatic heterocycles. The average Bonchev–Trinajstić information content (AvgIpc) is 2.27. The van der Waals surface area contributed by atoms with Gasteiger partial charge in [-0.25, -0.2) is 0 Å². The molecule has 0 bridgehead atoms. The quantitative estimate of drug-likeness (QED) is 0.609. The van der Waals surface area contributed by atoms with E-state index in [1.807, 2.05) is 0 Å². The number of hydrogen-bond acceptors (Lipinski definition) is 4. The standard InChI is InChI=1S/C12H28N2O2/c1-11(2)12(13)5-6-14(7-9-15-3)8-10-16-4/h11-12H,5-10,13H2,1-4H3. The van der Waals surface area contributed by atoms with Crippen LogP contribution in [0.2, 0.25) is 0 Å². The summed E-state index contributed by atoms with van der Waals surface area (Å²) in [5, 5.41) is 0. The van der Waals surface area contributed by atoms with Crippen molar-refractivity contribution in [1.29, 1.82) is 0 Å². The number of methoxy groups -OCH3 is 2. The third kappa shape index (κ3) is 8.05. The molecule has 4 heteroatoms. The highest BCUT2D eigenvalue weighted by molar-refractivity contribution is 4.68. The molecule has 0 aliphatic rings. The van der Waals surface area contributed by atoms with Crippen LogP contribution < -0.4 is 5.73 Å². The predicted octanol–water partition coefficient (Wildman–Crippen LogP) is 0.955. The van der Waals surface area contributed by atoms with Crippen LogP contribution in [0.25, 0.3) is 0 Å². The number of hydrogen-bond donors (Lipinski definition) is 1. The first kappa shape index (κ1) is 15.8. The van der Waals surface area contributed by atoms with Gasteiger partial charge in [0, 0.05) is 33.4 Å². The van der Waals surface area contributed by atoms with E-state index in [4.69, 9.17) is 15.2 Å². The van der Waals surface area contributed by atoms with Gasteiger partial charge < -0.3 is 15.2 Å². The molecule has 0 aliphatic heterocycles. The van der Waals surface area contributed by atoms with Crippen LogP contribution in [0, 0.1) is 5.92 Å². The number of nitrogens with two attached hydrogens (primary N) is 1. The fourth-order valence-corrected chi connectivity index (χ4v) is 1.44. The van der Waals surface area contributed by atoms with E-state index in [-0.39, 0.29) is 6.04 Å². The summed E-state index contributed by atoms with van der Waals surface area (Å²) in [5.74, 6) is 0.548. The Labute approximate surface area is 100 Å². The van der Waals surface area contributed by atoms with Crippen molar-refractivity contribution in [3.05, 3.63) is 0 Å². The van der Waals surface area contributed by atoms with E-state index in [2.05, 4.69) is 18.7 Å². The maximum atomic E-state index is 6.03. The molecule has 0 amide bonds. The Hall–Kier alpha value is -0.160. The van der Waals surface area contributed by atoms with Crippen LogP contribution in [0.5, 0.6) is 0 Å². The van der Waals surface area contributed by atoms with E-state index in [0.717, 1.165) is 39.3 Å². The van der Waals surface area contributed by atoms with Crippen LogP contribution in [0.15, 0.2) is 0 Å². The van der Waals surface area contributed by atoms with Crippen molar-refractivity contribution in [2.45, 2.75) is 26.3 Å². The molecule has 0 aromatic rings. The summed E-state index contributed by atoms with van der Waals surface area (Å²) in [6.45, 7) is 8.78. The molecule has 0 rings (SSSR count). The zero-order valence-electron chi connectivity index (χ0n) is 11.2. The van der Waals surface area contributed by atoms with Gasteiger partial charge in [-0.15, -0.1) is 0 Å². The van der Waals surface area contributed by atoms with Gasteiger partial charge in [-0.3, -0.25) is 4.90 Å². The summed E-state index contributed by atoms with van der Waals surface area (Å²) in [6.07, 6.45) is 1.03. The maximum absolute atomic E-state index is 6.03. The van der Waals surface area contributed by atoms with Crippen molar-refractivity contribution < 1.29 is 9.47 Å². The lowest BCUT2D eigenvalue weighted by molar-refractivity contribution is 0.111. The Balaban J connectivity index is 3.80. The van der Waals surface area contributed by atoms with Crippen LogP contribution in [-0.4, -0.2) is 58.0 Å². The summed E-state index contributed by atoms with van der Waals surface area (Å²) < 4.78 is 10.2. The van der Waals surface area contributed by atoms with Gasteiger partial charge in [-0.2, -0.15) is 0 Å². The van der Waals surface area contributed by atoms with Gasteiger partial charge in [0.05, 0.1) is 13.2 Å². The second kappa shape index (κ2) is 10.0. The SMILES string of the molecule is COCCN(CCOC)CCC(N)C(C)C. The highest BCUT2D eigenvalue weighted by Crippen LogP contribution is 2.04. The molecule has 16 heavy (non-hydrogen) atoms. The van der Waals surface area contributed by atoms with E-state index >= 15 is 0 Å². The maximum Gasteiger partial charge on any atom is 0.0589 e. The van der Waals surface area contributed by atoms with E-state index in [0.29, 0.717) is 5.92 Å². The molecule has 0 spiro atoms. The van der Waals surface area contributed by atoms with Gasteiger partial charge in [0.15, 0.2) is 0 Å². The molecule has 98 valence electrons. The van der Waals surface area contributed by atoms with Crippen molar-refractivity contribution >= 4 is 0 Å². The van der Waals surface area contributed by atoms with E-state index in [1.165, 1.54) is 0 Å². The minimum atomic E-state index is 0.285. The van der Waals surface area contributed by atoms with E-state index < -0.39 is 0 Å². The lowest BCUT2D eigenvalue weighted by Gasteiger charge is -2.24. The molecule has 0 aromatic carbocycles. The number of nitrogens with zero attached hydrogens (tertiary/aromatic N) is 1. The molecule has 0 radical (unpaired) electrons. The summed E-state index contributed by atoms with van der Waals surface area (Å²) in [4.78, 5) is 2.34. The van der Waals surface area contributed by atoms with Gasteiger partial charge in [-0.1, -0.05) is 13.8 Å². The van der Waals surface area contributed by atoms with Gasteiger partial charge in [-0.05, 0) is 18.9 Å². The monoisotopic (exact) mass is 232 g/mol. The number of rotatable bonds is 10. The van der Waals surface area contributed by atoms with Gasteiger partial charge in [0.25, 0.3) is 0 Å². The van der Waals surface area contributed by atoms with Crippen molar-refractivity contribution in [3.8, 4) is 0 Å². The van der Waals surface area contributed by atoms with Crippen molar-refractivity contribution in [2.75, 3.05) is 47.1 Å². The molecule has 0 fully saturated rings. The highest BCUT2D eigenvalue weighted by atomic mass is 16.5. The summed E-state index contributed by atoms with van der Waals surface area (Å²) in [7, 11) is 3.46. The predicted molar refractivity (Wildman–Crippen MR) is 67.6 cm³/mol. The highest BCUT2D eigenvalue weighted by Gasteiger charge is 2.10. The second-order valence-electron chi connectivity index (χ2n) is 4.52. The first-order valence-electron chi connectivity index (χ1n) is 6.07. The second-order valence-corrected chi connectivity index (χ2v) is 4.52. The Morgan fingerprint density at radius 3 is 1.88 bits per heavy atom. The Morgan fingerprint density at radius 1 is 1.00 bits per heavy atom. The number of ether oxygens (including phenoxy) is 2. The van der Waals surface area contributed by atoms with Crippen LogP contribution in [-0.2, 0) is 9.47 Å². The molecule has 0 heterocycles. The minimum absolute atomic E-state index is 0.285. The van der Waals surface area contributed by atoms with Crippen LogP contribution in [0.4, 0.5) is 0 Å². The zero-order chi connectivity index (χ0) is 12.4. The summed E-state index contributed by atoms with van der Waals surface area (Å²) in [5.41, 5.74) is 6.03. The summed E-state index contributed by atoms with van der Waals surface area (Å²) >= 11 is 0. The minimum Gasteiger partial charge on any atom is -0.383 e. The third-order valence-electron chi connectivity index (χ3n) is 2.86. The Kier molecular flexibility index (Phi) is 9.92. The fraction of sp³-hybridized carbons (Fsp3) is 1.00. The molecule has 0 saturated heterocycles. The van der Waals surface area contributed by atoms with E-state index in [1.54, 1.807) is 14.2 Å². The van der Waals surface area contributed by atoms with Crippen LogP contribution >= 0.6 is 0 Å². The topological polar surface area (TPSA) is 47.7 Å². The van der Waals surface area contributed by atoms with Crippen LogP contribution in [0.3, 0.4) is 0 Å². The Bertz CT molecular complexity index is 146. The largest absolute Gasteiger partial charge is 0.383 e. The fourth-order valence-electron chi connectivity index (χ4n) is 1.44. The van der Waals surface area contributed by atoms with Gasteiger partial charge >= 0.3 is 0 Å². The Morgan fingerprint density at radius 2 is 1.50 bits per heavy atom. The molecule has 2 N–H and O–H groups in total. The van der Waals surface area contributed by atoms with Crippen molar-refractivity contribution in [1.82, 2.24) is 4.90 Å². The smallest absolute Gasteiger partial charge is 0.0589 e. The third-order valence-corrected chi connectivity index (χ3v) is 2.86. The summed E-state index contributed by atoms with van der Waals surface area (Å²) in [6, 6.07) is 0.285. The molecule has 1 atom stereocenters. The molecular formula is C12H28N2O2. The normalized spacial score (nSPS) is 13.7.